The number of benzene rings is 2. The fraction of sp³-hybridized carbons (Fsp3) is 0.486. The van der Waals surface area contributed by atoms with Crippen LogP contribution in [0.25, 0.3) is 52.9 Å². The van der Waals surface area contributed by atoms with Gasteiger partial charge in [0.2, 0.25) is 0 Å². The quantitative estimate of drug-likeness (QED) is 0.0663. The molecule has 0 fully saturated rings. The number of aromatic nitrogens is 3. The topological polar surface area (TPSA) is 156 Å². The Balaban J connectivity index is 0.000000162. The molecule has 1 N–H and O–H groups in total. The number of carboxylic acids is 1. The first kappa shape index (κ1) is 68.9. The fourth-order valence-corrected chi connectivity index (χ4v) is 17.7. The largest absolute Gasteiger partial charge is 0.479 e. The van der Waals surface area contributed by atoms with Gasteiger partial charge in [-0.3, -0.25) is 0 Å². The molecule has 0 spiro atoms. The third-order valence-corrected chi connectivity index (χ3v) is 20.8. The van der Waals surface area contributed by atoms with Gasteiger partial charge in [-0.1, -0.05) is 48.5 Å². The number of nitrogens with zero attached hydrogens (tertiary/aromatic N) is 3. The predicted molar refractivity (Wildman–Crippen MR) is 359 cm³/mol. The first-order valence-electron chi connectivity index (χ1n) is 30.6. The van der Waals surface area contributed by atoms with Crippen LogP contribution in [0.5, 0.6) is 0 Å². The number of hydrogen-bond donors (Lipinski definition) is 1. The Hall–Kier alpha value is -5.49. The Morgan fingerprint density at radius 2 is 0.778 bits per heavy atom. The highest BCUT2D eigenvalue weighted by Gasteiger charge is 2.38. The van der Waals surface area contributed by atoms with Gasteiger partial charge in [0.1, 0.15) is 14.5 Å². The van der Waals surface area contributed by atoms with Crippen molar-refractivity contribution in [2.45, 2.75) is 208 Å². The normalized spacial score (nSPS) is 15.3. The number of esters is 2. The lowest BCUT2D eigenvalue weighted by Crippen LogP contribution is -2.29. The molecule has 12 nitrogen and oxygen atoms in total. The summed E-state index contributed by atoms with van der Waals surface area (Å²) < 4.78 is 82.4. The predicted octanol–water partition coefficient (Wildman–Crippen LogP) is 19.3. The first-order chi connectivity index (χ1) is 42.4. The van der Waals surface area contributed by atoms with E-state index in [1.807, 2.05) is 76.2 Å². The zero-order chi connectivity index (χ0) is 65.5. The Morgan fingerprint density at radius 1 is 0.478 bits per heavy atom. The van der Waals surface area contributed by atoms with Gasteiger partial charge in [0.05, 0.1) is 31.0 Å². The van der Waals surface area contributed by atoms with Gasteiger partial charge in [0.15, 0.2) is 18.3 Å². The summed E-state index contributed by atoms with van der Waals surface area (Å²) in [5.41, 5.74) is 9.12. The highest BCUT2D eigenvalue weighted by molar-refractivity contribution is 14.1. The smallest absolute Gasteiger partial charge is 0.339 e. The van der Waals surface area contributed by atoms with Crippen molar-refractivity contribution in [1.29, 1.82) is 0 Å². The van der Waals surface area contributed by atoms with Crippen LogP contribution in [-0.2, 0) is 76.6 Å². The highest BCUT2D eigenvalue weighted by Crippen LogP contribution is 2.49. The number of methoxy groups -OCH3 is 2. The van der Waals surface area contributed by atoms with E-state index < -0.39 is 59.9 Å². The lowest BCUT2D eigenvalue weighted by molar-refractivity contribution is -0.164. The van der Waals surface area contributed by atoms with Gasteiger partial charge in [-0.05, 0) is 211 Å². The molecule has 0 saturated heterocycles. The summed E-state index contributed by atoms with van der Waals surface area (Å²) in [6.07, 6.45) is 4.86. The van der Waals surface area contributed by atoms with Crippen LogP contribution >= 0.6 is 56.6 Å². The lowest BCUT2D eigenvalue weighted by Gasteiger charge is -2.29. The van der Waals surface area contributed by atoms with E-state index in [-0.39, 0.29) is 17.1 Å². The molecule has 8 aromatic rings. The Kier molecular flexibility index (Phi) is 21.4. The van der Waals surface area contributed by atoms with Gasteiger partial charge in [-0.2, -0.15) is 0 Å². The van der Waals surface area contributed by atoms with Crippen LogP contribution < -0.4 is 0 Å². The van der Waals surface area contributed by atoms with Crippen molar-refractivity contribution < 1.29 is 60.7 Å². The molecule has 11 rings (SSSR count). The molecule has 2 aromatic carbocycles. The zero-order valence-corrected chi connectivity index (χ0v) is 58.3. The molecule has 0 aliphatic heterocycles. The number of thiophene rings is 3. The monoisotopic (exact) mass is 1410 g/mol. The van der Waals surface area contributed by atoms with E-state index >= 15 is 0 Å². The van der Waals surface area contributed by atoms with Crippen molar-refractivity contribution in [1.82, 2.24) is 15.0 Å². The molecule has 3 atom stereocenters. The zero-order valence-electron chi connectivity index (χ0n) is 53.7. The van der Waals surface area contributed by atoms with Crippen LogP contribution in [0.2, 0.25) is 0 Å². The average molecular weight is 1410 g/mol. The molecule has 3 aliphatic carbocycles. The molecule has 3 aliphatic rings. The van der Waals surface area contributed by atoms with Gasteiger partial charge in [-0.25, -0.2) is 46.9 Å². The van der Waals surface area contributed by atoms with Crippen molar-refractivity contribution in [2.24, 2.45) is 0 Å². The molecule has 90 heavy (non-hydrogen) atoms. The van der Waals surface area contributed by atoms with Crippen molar-refractivity contribution in [2.75, 3.05) is 14.2 Å². The van der Waals surface area contributed by atoms with Crippen LogP contribution in [0.1, 0.15) is 208 Å². The Labute approximate surface area is 550 Å². The van der Waals surface area contributed by atoms with Crippen molar-refractivity contribution in [3.05, 3.63) is 128 Å². The van der Waals surface area contributed by atoms with E-state index in [2.05, 4.69) is 22.6 Å². The van der Waals surface area contributed by atoms with E-state index in [1.165, 1.54) is 88.0 Å². The minimum atomic E-state index is -2.56. The standard InChI is InChI=1S/C26H29F2NO3S.C25H27F2NO3S.C19H24INO3S/c1-14-19(22(25(30)31-5)32-26(2,3)4)20(15-10-12-16(13-11-15)23(27)28)21-17-8-6-7-9-18(17)33-24(21)29-14;1-13-18(21(24(29)30)31-25(2,3)4)19(14-9-11-15(12-10-14)22(26)27)20-16-7-5-6-8-17(16)32-23(20)28-13;1-10-13(16(18(22)23-5)24-19(2,3)4)15(20)14-11-8-6-7-9-12(11)25-17(14)21-10/h10-13,22-23H,6-9H2,1-5H3;9-12,21-22H,5-8H2,1-4H3,(H,29,30);16H,6-9H2,1-5H3/t22-;21-;16-/m000/s1. The van der Waals surface area contributed by atoms with Crippen LogP contribution in [-0.4, -0.2) is 69.0 Å². The number of halogens is 5. The molecule has 0 unspecified atom stereocenters. The van der Waals surface area contributed by atoms with Gasteiger partial charge in [0, 0.05) is 90.4 Å². The lowest BCUT2D eigenvalue weighted by atomic mass is 9.87. The van der Waals surface area contributed by atoms with E-state index in [9.17, 15) is 37.1 Å². The van der Waals surface area contributed by atoms with Gasteiger partial charge < -0.3 is 28.8 Å². The molecule has 482 valence electrons. The molecule has 0 radical (unpaired) electrons. The van der Waals surface area contributed by atoms with Crippen molar-refractivity contribution in [3.63, 3.8) is 0 Å². The van der Waals surface area contributed by atoms with E-state index in [0.717, 1.165) is 121 Å². The van der Waals surface area contributed by atoms with E-state index in [4.69, 9.17) is 38.6 Å². The second-order valence-electron chi connectivity index (χ2n) is 26.1. The van der Waals surface area contributed by atoms with E-state index in [0.29, 0.717) is 28.1 Å². The number of ether oxygens (including phenoxy) is 5. The maximum atomic E-state index is 13.2. The summed E-state index contributed by atoms with van der Waals surface area (Å²) in [7, 11) is 2.74. The maximum Gasteiger partial charge on any atom is 0.339 e. The molecule has 6 aromatic heterocycles. The third-order valence-electron chi connectivity index (χ3n) is 16.1. The summed E-state index contributed by atoms with van der Waals surface area (Å²) >= 11 is 7.51. The van der Waals surface area contributed by atoms with Crippen molar-refractivity contribution >= 4 is 105 Å². The molecular weight excluding hydrogens is 1330 g/mol. The number of carbonyl (C=O) groups is 3. The number of carbonyl (C=O) groups excluding carboxylic acids is 2. The minimum absolute atomic E-state index is 0.0369. The summed E-state index contributed by atoms with van der Waals surface area (Å²) in [6.45, 7) is 22.6. The van der Waals surface area contributed by atoms with Crippen molar-refractivity contribution in [3.8, 4) is 22.3 Å². The Bertz CT molecular complexity index is 3970. The highest BCUT2D eigenvalue weighted by atomic mass is 127. The van der Waals surface area contributed by atoms with Gasteiger partial charge >= 0.3 is 17.9 Å². The summed E-state index contributed by atoms with van der Waals surface area (Å²) in [4.78, 5) is 59.3. The number of rotatable bonds is 13. The minimum Gasteiger partial charge on any atom is -0.479 e. The van der Waals surface area contributed by atoms with Gasteiger partial charge in [-0.15, -0.1) is 34.0 Å². The molecule has 0 saturated carbocycles. The number of aliphatic carboxylic acids is 1. The third kappa shape index (κ3) is 15.1. The van der Waals surface area contributed by atoms with Gasteiger partial charge in [0.25, 0.3) is 12.9 Å². The second-order valence-corrected chi connectivity index (χ2v) is 30.5. The second kappa shape index (κ2) is 28.0. The number of hydrogen-bond acceptors (Lipinski definition) is 14. The van der Waals surface area contributed by atoms with Crippen LogP contribution in [0.3, 0.4) is 0 Å². The molecule has 0 amide bonds. The fourth-order valence-electron chi connectivity index (χ4n) is 12.3. The SMILES string of the molecule is COC(=O)[C@@H](OC(C)(C)C)c1c(C)nc2sc3c(c2c1-c1ccc(C(F)F)cc1)CCCC3.COC(=O)[C@@H](OC(C)(C)C)c1c(C)nc2sc3c(c2c1I)CCCC3.Cc1nc2sc3c(c2c(-c2ccc(C(F)F)cc2)c1[C@H](OC(C)(C)C)C(=O)O)CCCC3. The number of carboxylic acid groups (broad SMARTS) is 1. The molecular formula is C70H80F4IN3O9S3. The summed E-state index contributed by atoms with van der Waals surface area (Å²) in [5.74, 6) is -1.98. The average Bonchev–Trinajstić information content (AvgIpc) is 1.53. The summed E-state index contributed by atoms with van der Waals surface area (Å²) in [5, 5.41) is 13.3. The number of fused-ring (bicyclic) bond motifs is 9. The molecule has 6 heterocycles. The van der Waals surface area contributed by atoms with Crippen LogP contribution in [0, 0.1) is 24.3 Å². The number of pyridine rings is 3. The summed E-state index contributed by atoms with van der Waals surface area (Å²) in [6, 6.07) is 12.4. The molecule has 20 heteroatoms. The van der Waals surface area contributed by atoms with E-state index in [1.54, 1.807) is 65.2 Å². The van der Waals surface area contributed by atoms with Crippen LogP contribution in [0.4, 0.5) is 17.6 Å². The number of alkyl halides is 4. The maximum absolute atomic E-state index is 13.2. The number of aryl methyl sites for hydroxylation is 9. The molecule has 0 bridgehead atoms. The first-order valence-corrected chi connectivity index (χ1v) is 34.1. The van der Waals surface area contributed by atoms with Crippen LogP contribution in [0.15, 0.2) is 48.5 Å². The Morgan fingerprint density at radius 3 is 1.11 bits per heavy atom.